The van der Waals surface area contributed by atoms with Crippen LogP contribution in [0, 0.1) is 5.92 Å². The van der Waals surface area contributed by atoms with E-state index in [-0.39, 0.29) is 5.91 Å². The van der Waals surface area contributed by atoms with Gasteiger partial charge in [-0.1, -0.05) is 0 Å². The molecule has 0 saturated carbocycles. The molecule has 4 nitrogen and oxygen atoms in total. The number of carbonyl (C=O) groups excluding carboxylic acids is 1. The van der Waals surface area contributed by atoms with Gasteiger partial charge in [-0.3, -0.25) is 4.79 Å². The minimum atomic E-state index is -1.26. The van der Waals surface area contributed by atoms with Crippen LogP contribution in [-0.4, -0.2) is 48.2 Å². The molecule has 0 aromatic heterocycles. The third-order valence-corrected chi connectivity index (χ3v) is 3.23. The minimum Gasteiger partial charge on any atom is -0.381 e. The number of likely N-dealkylation sites (tertiary alicyclic amines) is 1. The lowest BCUT2D eigenvalue weighted by atomic mass is 9.94. The molecule has 94 valence electrons. The molecule has 0 aromatic rings. The van der Waals surface area contributed by atoms with Crippen LogP contribution in [0.15, 0.2) is 0 Å². The molecule has 1 amide bonds. The van der Waals surface area contributed by atoms with Gasteiger partial charge in [0.05, 0.1) is 0 Å². The first-order chi connectivity index (χ1) is 7.39. The minimum absolute atomic E-state index is 0.277. The second-order valence-corrected chi connectivity index (χ2v) is 5.35. The number of rotatable bonds is 4. The van der Waals surface area contributed by atoms with E-state index in [0.29, 0.717) is 6.54 Å². The predicted octanol–water partition coefficient (Wildman–Crippen LogP) is 0.605. The highest BCUT2D eigenvalue weighted by molar-refractivity contribution is 5.83. The van der Waals surface area contributed by atoms with Gasteiger partial charge < -0.3 is 15.3 Å². The molecule has 0 atom stereocenters. The molecular formula is C12H24N2O2. The molecule has 0 aromatic carbocycles. The number of aliphatic hydroxyl groups is 1. The van der Waals surface area contributed by atoms with Crippen LogP contribution in [-0.2, 0) is 4.79 Å². The van der Waals surface area contributed by atoms with Gasteiger partial charge in [0, 0.05) is 6.54 Å². The van der Waals surface area contributed by atoms with E-state index in [0.717, 1.165) is 25.4 Å². The zero-order valence-electron chi connectivity index (χ0n) is 10.6. The van der Waals surface area contributed by atoms with Gasteiger partial charge in [0.1, 0.15) is 5.60 Å². The summed E-state index contributed by atoms with van der Waals surface area (Å²) in [5.41, 5.74) is -1.26. The van der Waals surface area contributed by atoms with Gasteiger partial charge in [-0.2, -0.15) is 0 Å². The van der Waals surface area contributed by atoms with Crippen LogP contribution in [0.1, 0.15) is 33.1 Å². The molecule has 4 heteroatoms. The van der Waals surface area contributed by atoms with Crippen molar-refractivity contribution in [1.29, 1.82) is 0 Å². The molecule has 1 heterocycles. The molecule has 1 saturated heterocycles. The first kappa shape index (κ1) is 13.5. The average Bonchev–Trinajstić information content (AvgIpc) is 2.19. The number of amides is 1. The van der Waals surface area contributed by atoms with Gasteiger partial charge in [-0.05, 0) is 59.2 Å². The van der Waals surface area contributed by atoms with Crippen molar-refractivity contribution < 1.29 is 9.90 Å². The summed E-state index contributed by atoms with van der Waals surface area (Å²) < 4.78 is 0. The Bertz CT molecular complexity index is 228. The van der Waals surface area contributed by atoms with E-state index >= 15 is 0 Å². The van der Waals surface area contributed by atoms with E-state index in [1.807, 2.05) is 0 Å². The molecule has 1 rings (SSSR count). The maximum absolute atomic E-state index is 11.4. The molecule has 0 aliphatic carbocycles. The van der Waals surface area contributed by atoms with Gasteiger partial charge >= 0.3 is 0 Å². The van der Waals surface area contributed by atoms with Crippen LogP contribution in [0.5, 0.6) is 0 Å². The molecule has 0 bridgehead atoms. The summed E-state index contributed by atoms with van der Waals surface area (Å²) in [6.07, 6.45) is 3.46. The number of carbonyl (C=O) groups is 1. The molecule has 0 spiro atoms. The fraction of sp³-hybridized carbons (Fsp3) is 0.917. The smallest absolute Gasteiger partial charge is 0.251 e. The summed E-state index contributed by atoms with van der Waals surface area (Å²) in [7, 11) is 2.15. The van der Waals surface area contributed by atoms with Crippen LogP contribution >= 0.6 is 0 Å². The van der Waals surface area contributed by atoms with Gasteiger partial charge in [-0.15, -0.1) is 0 Å². The third-order valence-electron chi connectivity index (χ3n) is 3.23. The standard InChI is InChI=1S/C12H24N2O2/c1-12(2,16)11(15)13-7-4-10-5-8-14(3)9-6-10/h10,16H,4-9H2,1-3H3,(H,13,15). The zero-order valence-corrected chi connectivity index (χ0v) is 10.6. The summed E-state index contributed by atoms with van der Waals surface area (Å²) in [6, 6.07) is 0. The number of hydrogen-bond acceptors (Lipinski definition) is 3. The molecule has 0 radical (unpaired) electrons. The highest BCUT2D eigenvalue weighted by atomic mass is 16.3. The highest BCUT2D eigenvalue weighted by Gasteiger charge is 2.23. The maximum Gasteiger partial charge on any atom is 0.251 e. The Morgan fingerprint density at radius 2 is 2.00 bits per heavy atom. The van der Waals surface area contributed by atoms with Crippen molar-refractivity contribution in [3.63, 3.8) is 0 Å². The van der Waals surface area contributed by atoms with E-state index in [1.165, 1.54) is 26.7 Å². The van der Waals surface area contributed by atoms with Crippen molar-refractivity contribution in [3.05, 3.63) is 0 Å². The number of nitrogens with zero attached hydrogens (tertiary/aromatic N) is 1. The number of piperidine rings is 1. The summed E-state index contributed by atoms with van der Waals surface area (Å²) in [4.78, 5) is 13.7. The lowest BCUT2D eigenvalue weighted by Gasteiger charge is -2.29. The molecule has 0 unspecified atom stereocenters. The van der Waals surface area contributed by atoms with Crippen molar-refractivity contribution in [2.45, 2.75) is 38.7 Å². The van der Waals surface area contributed by atoms with Gasteiger partial charge in [-0.25, -0.2) is 0 Å². The zero-order chi connectivity index (χ0) is 12.2. The van der Waals surface area contributed by atoms with Crippen LogP contribution < -0.4 is 5.32 Å². The van der Waals surface area contributed by atoms with E-state index in [4.69, 9.17) is 0 Å². The van der Waals surface area contributed by atoms with Crippen molar-refractivity contribution >= 4 is 5.91 Å². The number of nitrogens with one attached hydrogen (secondary N) is 1. The molecule has 1 aliphatic heterocycles. The normalized spacial score (nSPS) is 19.8. The van der Waals surface area contributed by atoms with Crippen LogP contribution in [0.3, 0.4) is 0 Å². The van der Waals surface area contributed by atoms with Crippen LogP contribution in [0.2, 0.25) is 0 Å². The fourth-order valence-corrected chi connectivity index (χ4v) is 1.96. The lowest BCUT2D eigenvalue weighted by molar-refractivity contribution is -0.136. The molecule has 2 N–H and O–H groups in total. The molecule has 16 heavy (non-hydrogen) atoms. The molecule has 1 fully saturated rings. The Labute approximate surface area is 98.0 Å². The second kappa shape index (κ2) is 5.64. The van der Waals surface area contributed by atoms with Crippen LogP contribution in [0.4, 0.5) is 0 Å². The van der Waals surface area contributed by atoms with Gasteiger partial charge in [0.2, 0.25) is 0 Å². The Kier molecular flexibility index (Phi) is 4.74. The predicted molar refractivity (Wildman–Crippen MR) is 64.1 cm³/mol. The maximum atomic E-state index is 11.4. The third kappa shape index (κ3) is 4.49. The van der Waals surface area contributed by atoms with Crippen molar-refractivity contribution in [1.82, 2.24) is 10.2 Å². The largest absolute Gasteiger partial charge is 0.381 e. The van der Waals surface area contributed by atoms with E-state index < -0.39 is 5.60 Å². The monoisotopic (exact) mass is 228 g/mol. The van der Waals surface area contributed by atoms with Crippen LogP contribution in [0.25, 0.3) is 0 Å². The summed E-state index contributed by atoms with van der Waals surface area (Å²) >= 11 is 0. The fourth-order valence-electron chi connectivity index (χ4n) is 1.96. The number of hydrogen-bond donors (Lipinski definition) is 2. The Balaban J connectivity index is 2.14. The van der Waals surface area contributed by atoms with Crippen molar-refractivity contribution in [2.24, 2.45) is 5.92 Å². The SMILES string of the molecule is CN1CCC(CCNC(=O)C(C)(C)O)CC1. The first-order valence-corrected chi connectivity index (χ1v) is 6.09. The Morgan fingerprint density at radius 1 is 1.44 bits per heavy atom. The summed E-state index contributed by atoms with van der Waals surface area (Å²) in [5.74, 6) is 0.443. The average molecular weight is 228 g/mol. The highest BCUT2D eigenvalue weighted by Crippen LogP contribution is 2.18. The lowest BCUT2D eigenvalue weighted by Crippen LogP contribution is -2.43. The molecule has 1 aliphatic rings. The topological polar surface area (TPSA) is 52.6 Å². The van der Waals surface area contributed by atoms with E-state index in [9.17, 15) is 9.90 Å². The molecular weight excluding hydrogens is 204 g/mol. The summed E-state index contributed by atoms with van der Waals surface area (Å²) in [6.45, 7) is 6.02. The van der Waals surface area contributed by atoms with Gasteiger partial charge in [0.25, 0.3) is 5.91 Å². The summed E-state index contributed by atoms with van der Waals surface area (Å²) in [5, 5.41) is 12.2. The van der Waals surface area contributed by atoms with Gasteiger partial charge in [0.15, 0.2) is 0 Å². The Morgan fingerprint density at radius 3 is 2.50 bits per heavy atom. The first-order valence-electron chi connectivity index (χ1n) is 6.09. The van der Waals surface area contributed by atoms with Crippen molar-refractivity contribution in [3.8, 4) is 0 Å². The second-order valence-electron chi connectivity index (χ2n) is 5.35. The Hall–Kier alpha value is -0.610. The van der Waals surface area contributed by atoms with E-state index in [2.05, 4.69) is 17.3 Å². The van der Waals surface area contributed by atoms with E-state index in [1.54, 1.807) is 0 Å². The van der Waals surface area contributed by atoms with Crippen molar-refractivity contribution in [2.75, 3.05) is 26.7 Å². The quantitative estimate of drug-likeness (QED) is 0.741.